The molecule has 1 N–H and O–H groups in total. The van der Waals surface area contributed by atoms with Gasteiger partial charge < -0.3 is 5.32 Å². The van der Waals surface area contributed by atoms with Crippen LogP contribution in [-0.2, 0) is 4.79 Å². The van der Waals surface area contributed by atoms with Crippen molar-refractivity contribution < 1.29 is 4.79 Å². The minimum absolute atomic E-state index is 0.0558. The van der Waals surface area contributed by atoms with Crippen molar-refractivity contribution in [1.29, 1.82) is 0 Å². The van der Waals surface area contributed by atoms with Crippen LogP contribution in [0.5, 0.6) is 0 Å². The van der Waals surface area contributed by atoms with Crippen molar-refractivity contribution in [2.75, 3.05) is 5.32 Å². The molecule has 1 amide bonds. The quantitative estimate of drug-likeness (QED) is 0.700. The van der Waals surface area contributed by atoms with E-state index in [1.807, 2.05) is 49.4 Å². The summed E-state index contributed by atoms with van der Waals surface area (Å²) in [5.41, 5.74) is 3.97. The molecule has 0 saturated heterocycles. The van der Waals surface area contributed by atoms with Gasteiger partial charge in [0.25, 0.3) is 0 Å². The van der Waals surface area contributed by atoms with E-state index in [0.717, 1.165) is 33.9 Å². The Morgan fingerprint density at radius 2 is 1.78 bits per heavy atom. The van der Waals surface area contributed by atoms with Crippen molar-refractivity contribution in [3.05, 3.63) is 60.0 Å². The number of nitrogens with one attached hydrogen (secondary N) is 1. The Kier molecular flexibility index (Phi) is 4.83. The first kappa shape index (κ1) is 15.4. The molecule has 1 heterocycles. The van der Waals surface area contributed by atoms with E-state index >= 15 is 0 Å². The monoisotopic (exact) mass is 322 g/mol. The van der Waals surface area contributed by atoms with Gasteiger partial charge in [-0.3, -0.25) is 4.79 Å². The van der Waals surface area contributed by atoms with E-state index in [4.69, 9.17) is 4.98 Å². The summed E-state index contributed by atoms with van der Waals surface area (Å²) in [6.45, 7) is 2.00. The van der Waals surface area contributed by atoms with Crippen LogP contribution in [-0.4, -0.2) is 10.9 Å². The van der Waals surface area contributed by atoms with E-state index in [0.29, 0.717) is 6.42 Å². The molecule has 0 radical (unpaired) electrons. The van der Waals surface area contributed by atoms with Crippen LogP contribution in [0.4, 0.5) is 5.69 Å². The number of amides is 1. The molecule has 0 aliphatic rings. The molecule has 23 heavy (non-hydrogen) atoms. The molecule has 3 nitrogen and oxygen atoms in total. The normalized spacial score (nSPS) is 10.5. The molecule has 116 valence electrons. The predicted octanol–water partition coefficient (Wildman–Crippen LogP) is 5.22. The molecule has 1 aromatic heterocycles. The second-order valence-electron chi connectivity index (χ2n) is 5.28. The average molecular weight is 322 g/mol. The highest BCUT2D eigenvalue weighted by Gasteiger charge is 2.07. The van der Waals surface area contributed by atoms with Gasteiger partial charge in [-0.1, -0.05) is 49.4 Å². The molecule has 0 atom stereocenters. The van der Waals surface area contributed by atoms with Gasteiger partial charge in [-0.05, 0) is 18.6 Å². The standard InChI is InChI=1S/C19H18N2OS/c1-2-6-18(22)20-16-11-9-14(10-12-16)17-13-23-19(21-17)15-7-4-3-5-8-15/h3-5,7-13H,2,6H2,1H3,(H,20,22). The summed E-state index contributed by atoms with van der Waals surface area (Å²) in [6.07, 6.45) is 1.40. The van der Waals surface area contributed by atoms with Gasteiger partial charge in [0.1, 0.15) is 5.01 Å². The van der Waals surface area contributed by atoms with Crippen molar-refractivity contribution in [2.45, 2.75) is 19.8 Å². The Balaban J connectivity index is 1.75. The van der Waals surface area contributed by atoms with E-state index in [-0.39, 0.29) is 5.91 Å². The van der Waals surface area contributed by atoms with Gasteiger partial charge in [-0.25, -0.2) is 4.98 Å². The van der Waals surface area contributed by atoms with Gasteiger partial charge in [0.05, 0.1) is 5.69 Å². The second-order valence-corrected chi connectivity index (χ2v) is 6.14. The molecule has 4 heteroatoms. The number of aromatic nitrogens is 1. The summed E-state index contributed by atoms with van der Waals surface area (Å²) in [7, 11) is 0. The van der Waals surface area contributed by atoms with E-state index < -0.39 is 0 Å². The number of rotatable bonds is 5. The first-order valence-electron chi connectivity index (χ1n) is 7.67. The van der Waals surface area contributed by atoms with Crippen LogP contribution in [0.1, 0.15) is 19.8 Å². The lowest BCUT2D eigenvalue weighted by Gasteiger charge is -2.05. The number of carbonyl (C=O) groups is 1. The minimum Gasteiger partial charge on any atom is -0.326 e. The predicted molar refractivity (Wildman–Crippen MR) is 96.5 cm³/mol. The van der Waals surface area contributed by atoms with Crippen LogP contribution in [0.2, 0.25) is 0 Å². The van der Waals surface area contributed by atoms with Gasteiger partial charge >= 0.3 is 0 Å². The molecule has 3 rings (SSSR count). The number of carbonyl (C=O) groups excluding carboxylic acids is 1. The summed E-state index contributed by atoms with van der Waals surface area (Å²) >= 11 is 1.64. The van der Waals surface area contributed by atoms with Crippen molar-refractivity contribution in [3.63, 3.8) is 0 Å². The van der Waals surface area contributed by atoms with Crippen LogP contribution < -0.4 is 5.32 Å². The maximum absolute atomic E-state index is 11.6. The number of hydrogen-bond acceptors (Lipinski definition) is 3. The lowest BCUT2D eigenvalue weighted by atomic mass is 10.1. The third-order valence-corrected chi connectivity index (χ3v) is 4.36. The highest BCUT2D eigenvalue weighted by molar-refractivity contribution is 7.13. The molecule has 2 aromatic carbocycles. The van der Waals surface area contributed by atoms with Gasteiger partial charge in [0.2, 0.25) is 5.91 Å². The van der Waals surface area contributed by atoms with Crippen molar-refractivity contribution >= 4 is 22.9 Å². The zero-order chi connectivity index (χ0) is 16.1. The van der Waals surface area contributed by atoms with Crippen LogP contribution in [0, 0.1) is 0 Å². The molecule has 0 saturated carbocycles. The molecule has 0 bridgehead atoms. The first-order valence-corrected chi connectivity index (χ1v) is 8.55. The second kappa shape index (κ2) is 7.20. The largest absolute Gasteiger partial charge is 0.326 e. The number of benzene rings is 2. The summed E-state index contributed by atoms with van der Waals surface area (Å²) < 4.78 is 0. The molecule has 0 spiro atoms. The van der Waals surface area contributed by atoms with Crippen molar-refractivity contribution in [2.24, 2.45) is 0 Å². The van der Waals surface area contributed by atoms with Gasteiger partial charge in [0.15, 0.2) is 0 Å². The molecule has 0 aliphatic carbocycles. The van der Waals surface area contributed by atoms with Crippen LogP contribution >= 0.6 is 11.3 Å². The average Bonchev–Trinajstić information content (AvgIpc) is 3.07. The highest BCUT2D eigenvalue weighted by atomic mass is 32.1. The SMILES string of the molecule is CCCC(=O)Nc1ccc(-c2csc(-c3ccccc3)n2)cc1. The smallest absolute Gasteiger partial charge is 0.224 e. The van der Waals surface area contributed by atoms with E-state index in [2.05, 4.69) is 22.8 Å². The zero-order valence-electron chi connectivity index (χ0n) is 13.0. The van der Waals surface area contributed by atoms with Gasteiger partial charge in [-0.15, -0.1) is 11.3 Å². The molecule has 0 unspecified atom stereocenters. The third kappa shape index (κ3) is 3.85. The van der Waals surface area contributed by atoms with Crippen LogP contribution in [0.25, 0.3) is 21.8 Å². The Morgan fingerprint density at radius 3 is 2.48 bits per heavy atom. The Bertz CT molecular complexity index is 779. The fourth-order valence-electron chi connectivity index (χ4n) is 2.29. The lowest BCUT2D eigenvalue weighted by molar-refractivity contribution is -0.116. The van der Waals surface area contributed by atoms with Crippen molar-refractivity contribution in [1.82, 2.24) is 4.98 Å². The Labute approximate surface area is 140 Å². The maximum Gasteiger partial charge on any atom is 0.224 e. The summed E-state index contributed by atoms with van der Waals surface area (Å²) in [4.78, 5) is 16.3. The summed E-state index contributed by atoms with van der Waals surface area (Å²) in [5, 5.41) is 5.97. The van der Waals surface area contributed by atoms with Gasteiger partial charge in [0, 0.05) is 28.6 Å². The third-order valence-electron chi connectivity index (χ3n) is 3.47. The fraction of sp³-hybridized carbons (Fsp3) is 0.158. The molecule has 0 aliphatic heterocycles. The molecular weight excluding hydrogens is 304 g/mol. The molecule has 0 fully saturated rings. The summed E-state index contributed by atoms with van der Waals surface area (Å²) in [5.74, 6) is 0.0558. The Hall–Kier alpha value is -2.46. The van der Waals surface area contributed by atoms with E-state index in [1.54, 1.807) is 11.3 Å². The topological polar surface area (TPSA) is 42.0 Å². The van der Waals surface area contributed by atoms with Gasteiger partial charge in [-0.2, -0.15) is 0 Å². The fourth-order valence-corrected chi connectivity index (χ4v) is 3.13. The van der Waals surface area contributed by atoms with Crippen LogP contribution in [0.15, 0.2) is 60.0 Å². The maximum atomic E-state index is 11.6. The first-order chi connectivity index (χ1) is 11.3. The number of thiazole rings is 1. The number of hydrogen-bond donors (Lipinski definition) is 1. The van der Waals surface area contributed by atoms with E-state index in [9.17, 15) is 4.79 Å². The summed E-state index contributed by atoms with van der Waals surface area (Å²) in [6, 6.07) is 18.0. The molecular formula is C19H18N2OS. The minimum atomic E-state index is 0.0558. The van der Waals surface area contributed by atoms with Crippen LogP contribution in [0.3, 0.4) is 0 Å². The zero-order valence-corrected chi connectivity index (χ0v) is 13.8. The van der Waals surface area contributed by atoms with Crippen molar-refractivity contribution in [3.8, 4) is 21.8 Å². The lowest BCUT2D eigenvalue weighted by Crippen LogP contribution is -2.10. The molecule has 3 aromatic rings. The number of nitrogens with zero attached hydrogens (tertiary/aromatic N) is 1. The Morgan fingerprint density at radius 1 is 1.04 bits per heavy atom. The van der Waals surface area contributed by atoms with E-state index in [1.165, 1.54) is 0 Å². The highest BCUT2D eigenvalue weighted by Crippen LogP contribution is 2.29. The number of anilines is 1.